The summed E-state index contributed by atoms with van der Waals surface area (Å²) in [5.41, 5.74) is 0.950. The van der Waals surface area contributed by atoms with Gasteiger partial charge in [-0.2, -0.15) is 0 Å². The van der Waals surface area contributed by atoms with Crippen LogP contribution >= 0.6 is 0 Å². The topological polar surface area (TPSA) is 35.5 Å². The fraction of sp³-hybridized carbons (Fsp3) is 0.250. The van der Waals surface area contributed by atoms with Gasteiger partial charge in [0.15, 0.2) is 5.78 Å². The molecule has 0 saturated carbocycles. The number of hydrogen-bond acceptors (Lipinski definition) is 3. The van der Waals surface area contributed by atoms with Gasteiger partial charge in [0.25, 0.3) is 0 Å². The van der Waals surface area contributed by atoms with Crippen LogP contribution in [-0.2, 0) is 0 Å². The SMILES string of the molecule is C=C(C)C(=O)c1cc(OC)ccc1OC. The summed E-state index contributed by atoms with van der Waals surface area (Å²) in [6.45, 7) is 5.28. The number of allylic oxidation sites excluding steroid dienone is 1. The Hall–Kier alpha value is -1.77. The third kappa shape index (κ3) is 2.37. The molecule has 1 rings (SSSR count). The van der Waals surface area contributed by atoms with Gasteiger partial charge < -0.3 is 9.47 Å². The highest BCUT2D eigenvalue weighted by Gasteiger charge is 2.13. The van der Waals surface area contributed by atoms with Crippen LogP contribution in [0.2, 0.25) is 0 Å². The average molecular weight is 206 g/mol. The van der Waals surface area contributed by atoms with Gasteiger partial charge in [0, 0.05) is 0 Å². The molecule has 0 unspecified atom stereocenters. The van der Waals surface area contributed by atoms with Crippen molar-refractivity contribution in [3.63, 3.8) is 0 Å². The van der Waals surface area contributed by atoms with Crippen LogP contribution in [0, 0.1) is 0 Å². The number of ketones is 1. The summed E-state index contributed by atoms with van der Waals surface area (Å²) in [6.07, 6.45) is 0. The number of methoxy groups -OCH3 is 2. The van der Waals surface area contributed by atoms with Crippen molar-refractivity contribution in [3.05, 3.63) is 35.9 Å². The first-order chi connectivity index (χ1) is 7.10. The number of ether oxygens (including phenoxy) is 2. The summed E-state index contributed by atoms with van der Waals surface area (Å²) < 4.78 is 10.1. The molecule has 0 saturated heterocycles. The van der Waals surface area contributed by atoms with Crippen LogP contribution in [-0.4, -0.2) is 20.0 Å². The first-order valence-corrected chi connectivity index (χ1v) is 4.52. The van der Waals surface area contributed by atoms with E-state index in [-0.39, 0.29) is 5.78 Å². The molecule has 0 fully saturated rings. The summed E-state index contributed by atoms with van der Waals surface area (Å²) in [4.78, 5) is 11.8. The van der Waals surface area contributed by atoms with Gasteiger partial charge >= 0.3 is 0 Å². The lowest BCUT2D eigenvalue weighted by atomic mass is 10.0. The van der Waals surface area contributed by atoms with E-state index in [9.17, 15) is 4.79 Å². The van der Waals surface area contributed by atoms with Crippen LogP contribution in [0.25, 0.3) is 0 Å². The highest BCUT2D eigenvalue weighted by atomic mass is 16.5. The molecule has 0 radical (unpaired) electrons. The highest BCUT2D eigenvalue weighted by Crippen LogP contribution is 2.25. The van der Waals surface area contributed by atoms with Gasteiger partial charge in [-0.1, -0.05) is 6.58 Å². The van der Waals surface area contributed by atoms with Crippen molar-refractivity contribution < 1.29 is 14.3 Å². The maximum Gasteiger partial charge on any atom is 0.191 e. The van der Waals surface area contributed by atoms with E-state index in [0.29, 0.717) is 22.6 Å². The molecule has 0 aliphatic heterocycles. The maximum atomic E-state index is 11.8. The van der Waals surface area contributed by atoms with E-state index in [0.717, 1.165) is 0 Å². The standard InChI is InChI=1S/C12H14O3/c1-8(2)12(13)10-7-9(14-3)5-6-11(10)15-4/h5-7H,1H2,2-4H3. The fourth-order valence-electron chi connectivity index (χ4n) is 1.22. The first kappa shape index (κ1) is 11.3. The average Bonchev–Trinajstić information content (AvgIpc) is 2.27. The fourth-order valence-corrected chi connectivity index (χ4v) is 1.22. The predicted octanol–water partition coefficient (Wildman–Crippen LogP) is 2.46. The normalized spacial score (nSPS) is 9.53. The van der Waals surface area contributed by atoms with Gasteiger partial charge in [0.1, 0.15) is 11.5 Å². The lowest BCUT2D eigenvalue weighted by molar-refractivity contribution is 0.103. The Morgan fingerprint density at radius 2 is 1.93 bits per heavy atom. The number of Topliss-reactive ketones (excluding diaryl/α,β-unsaturated/α-hetero) is 1. The van der Waals surface area contributed by atoms with Crippen molar-refractivity contribution in [2.75, 3.05) is 14.2 Å². The van der Waals surface area contributed by atoms with Gasteiger partial charge in [-0.25, -0.2) is 0 Å². The van der Waals surface area contributed by atoms with E-state index in [1.807, 2.05) is 0 Å². The summed E-state index contributed by atoms with van der Waals surface area (Å²) in [5, 5.41) is 0. The molecule has 15 heavy (non-hydrogen) atoms. The molecule has 0 N–H and O–H groups in total. The van der Waals surface area contributed by atoms with Gasteiger partial charge in [-0.15, -0.1) is 0 Å². The van der Waals surface area contributed by atoms with Crippen LogP contribution in [0.15, 0.2) is 30.4 Å². The molecular weight excluding hydrogens is 192 g/mol. The minimum Gasteiger partial charge on any atom is -0.497 e. The number of benzene rings is 1. The second kappa shape index (κ2) is 4.64. The number of hydrogen-bond donors (Lipinski definition) is 0. The second-order valence-corrected chi connectivity index (χ2v) is 3.18. The molecule has 0 heterocycles. The Bertz CT molecular complexity index is 394. The van der Waals surface area contributed by atoms with Crippen LogP contribution in [0.3, 0.4) is 0 Å². The number of carbonyl (C=O) groups excluding carboxylic acids is 1. The summed E-state index contributed by atoms with van der Waals surface area (Å²) in [7, 11) is 3.08. The third-order valence-electron chi connectivity index (χ3n) is 2.04. The molecule has 0 atom stereocenters. The van der Waals surface area contributed by atoms with E-state index in [1.54, 1.807) is 32.2 Å². The third-order valence-corrected chi connectivity index (χ3v) is 2.04. The lowest BCUT2D eigenvalue weighted by Gasteiger charge is -2.09. The molecule has 0 amide bonds. The van der Waals surface area contributed by atoms with E-state index in [1.165, 1.54) is 7.11 Å². The summed E-state index contributed by atoms with van der Waals surface area (Å²) >= 11 is 0. The summed E-state index contributed by atoms with van der Waals surface area (Å²) in [6, 6.07) is 5.10. The smallest absolute Gasteiger partial charge is 0.191 e. The minimum atomic E-state index is -0.134. The van der Waals surface area contributed by atoms with Crippen molar-refractivity contribution in [1.29, 1.82) is 0 Å². The summed E-state index contributed by atoms with van der Waals surface area (Å²) in [5.74, 6) is 1.02. The Balaban J connectivity index is 3.23. The number of rotatable bonds is 4. The Morgan fingerprint density at radius 1 is 1.27 bits per heavy atom. The molecule has 0 bridgehead atoms. The zero-order chi connectivity index (χ0) is 11.4. The molecular formula is C12H14O3. The van der Waals surface area contributed by atoms with Gasteiger partial charge in [0.2, 0.25) is 0 Å². The lowest BCUT2D eigenvalue weighted by Crippen LogP contribution is -2.03. The van der Waals surface area contributed by atoms with Crippen LogP contribution < -0.4 is 9.47 Å². The van der Waals surface area contributed by atoms with E-state index in [4.69, 9.17) is 9.47 Å². The van der Waals surface area contributed by atoms with Crippen LogP contribution in [0.4, 0.5) is 0 Å². The molecule has 0 aliphatic rings. The van der Waals surface area contributed by atoms with Crippen molar-refractivity contribution in [1.82, 2.24) is 0 Å². The zero-order valence-electron chi connectivity index (χ0n) is 9.16. The Kier molecular flexibility index (Phi) is 3.50. The van der Waals surface area contributed by atoms with Crippen molar-refractivity contribution in [3.8, 4) is 11.5 Å². The van der Waals surface area contributed by atoms with Crippen molar-refractivity contribution in [2.45, 2.75) is 6.92 Å². The maximum absolute atomic E-state index is 11.8. The molecule has 3 heteroatoms. The van der Waals surface area contributed by atoms with Gasteiger partial charge in [-0.05, 0) is 30.7 Å². The van der Waals surface area contributed by atoms with Gasteiger partial charge in [0.05, 0.1) is 19.8 Å². The minimum absolute atomic E-state index is 0.134. The quantitative estimate of drug-likeness (QED) is 0.560. The highest BCUT2D eigenvalue weighted by molar-refractivity contribution is 6.09. The number of carbonyl (C=O) groups is 1. The Morgan fingerprint density at radius 3 is 2.40 bits per heavy atom. The van der Waals surface area contributed by atoms with E-state index >= 15 is 0 Å². The van der Waals surface area contributed by atoms with Crippen molar-refractivity contribution >= 4 is 5.78 Å². The predicted molar refractivity (Wildman–Crippen MR) is 58.7 cm³/mol. The molecule has 0 aromatic heterocycles. The molecule has 80 valence electrons. The van der Waals surface area contributed by atoms with Crippen LogP contribution in [0.1, 0.15) is 17.3 Å². The molecule has 0 spiro atoms. The zero-order valence-corrected chi connectivity index (χ0v) is 9.16. The monoisotopic (exact) mass is 206 g/mol. The molecule has 0 aliphatic carbocycles. The van der Waals surface area contributed by atoms with Crippen molar-refractivity contribution in [2.24, 2.45) is 0 Å². The largest absolute Gasteiger partial charge is 0.497 e. The van der Waals surface area contributed by atoms with E-state index < -0.39 is 0 Å². The van der Waals surface area contributed by atoms with Crippen LogP contribution in [0.5, 0.6) is 11.5 Å². The molecule has 1 aromatic carbocycles. The first-order valence-electron chi connectivity index (χ1n) is 4.52. The molecule has 3 nitrogen and oxygen atoms in total. The Labute approximate surface area is 89.3 Å². The van der Waals surface area contributed by atoms with Gasteiger partial charge in [-0.3, -0.25) is 4.79 Å². The van der Waals surface area contributed by atoms with E-state index in [2.05, 4.69) is 6.58 Å². The molecule has 1 aromatic rings. The second-order valence-electron chi connectivity index (χ2n) is 3.18.